The normalized spacial score (nSPS) is 19.6. The number of benzene rings is 1. The van der Waals surface area contributed by atoms with Gasteiger partial charge in [0.2, 0.25) is 0 Å². The van der Waals surface area contributed by atoms with Crippen molar-refractivity contribution in [1.82, 2.24) is 4.90 Å². The van der Waals surface area contributed by atoms with Crippen molar-refractivity contribution in [2.45, 2.75) is 26.2 Å². The Balaban J connectivity index is 1.78. The highest BCUT2D eigenvalue weighted by atomic mass is 16.2. The number of rotatable bonds is 0. The number of carbonyl (C=O) groups excluding carboxylic acids is 1. The van der Waals surface area contributed by atoms with E-state index in [0.29, 0.717) is 0 Å². The molecule has 2 amide bonds. The lowest BCUT2D eigenvalue weighted by Crippen LogP contribution is -2.46. The van der Waals surface area contributed by atoms with Crippen LogP contribution in [0.3, 0.4) is 0 Å². The zero-order chi connectivity index (χ0) is 13.4. The van der Waals surface area contributed by atoms with E-state index in [1.54, 1.807) is 0 Å². The summed E-state index contributed by atoms with van der Waals surface area (Å²) in [7, 11) is 0. The van der Waals surface area contributed by atoms with E-state index in [4.69, 9.17) is 5.73 Å². The highest BCUT2D eigenvalue weighted by Gasteiger charge is 2.30. The maximum absolute atomic E-state index is 12.6. The van der Waals surface area contributed by atoms with E-state index in [1.165, 1.54) is 0 Å². The van der Waals surface area contributed by atoms with Gasteiger partial charge < -0.3 is 10.6 Å². The second-order valence-corrected chi connectivity index (χ2v) is 5.70. The van der Waals surface area contributed by atoms with Gasteiger partial charge in [-0.25, -0.2) is 4.79 Å². The van der Waals surface area contributed by atoms with Crippen LogP contribution in [0.2, 0.25) is 0 Å². The molecule has 2 aliphatic rings. The quantitative estimate of drug-likeness (QED) is 0.728. The number of hydrogen-bond donors (Lipinski definition) is 1. The molecular formula is C15H21N3O. The monoisotopic (exact) mass is 259 g/mol. The van der Waals surface area contributed by atoms with Crippen LogP contribution in [0.4, 0.5) is 16.2 Å². The Labute approximate surface area is 114 Å². The van der Waals surface area contributed by atoms with E-state index in [-0.39, 0.29) is 6.03 Å². The second kappa shape index (κ2) is 4.76. The van der Waals surface area contributed by atoms with Crippen LogP contribution in [0, 0.1) is 5.92 Å². The van der Waals surface area contributed by atoms with E-state index < -0.39 is 0 Å². The van der Waals surface area contributed by atoms with Gasteiger partial charge in [-0.3, -0.25) is 4.90 Å². The van der Waals surface area contributed by atoms with Crippen molar-refractivity contribution in [3.8, 4) is 0 Å². The van der Waals surface area contributed by atoms with Gasteiger partial charge in [-0.1, -0.05) is 13.0 Å². The lowest BCUT2D eigenvalue weighted by molar-refractivity contribution is 0.180. The Hall–Kier alpha value is -1.71. The van der Waals surface area contributed by atoms with Gasteiger partial charge in [0.1, 0.15) is 0 Å². The first-order valence-corrected chi connectivity index (χ1v) is 7.10. The number of likely N-dealkylation sites (tertiary alicyclic amines) is 1. The largest absolute Gasteiger partial charge is 0.398 e. The third-order valence-corrected chi connectivity index (χ3v) is 4.35. The lowest BCUT2D eigenvalue weighted by atomic mass is 9.99. The van der Waals surface area contributed by atoms with Crippen LogP contribution in [0.5, 0.6) is 0 Å². The number of amides is 2. The van der Waals surface area contributed by atoms with Gasteiger partial charge in [0.15, 0.2) is 0 Å². The lowest BCUT2D eigenvalue weighted by Gasteiger charge is -2.33. The molecule has 0 bridgehead atoms. The topological polar surface area (TPSA) is 49.6 Å². The van der Waals surface area contributed by atoms with Crippen LogP contribution in [0.15, 0.2) is 18.2 Å². The molecule has 2 N–H and O–H groups in total. The summed E-state index contributed by atoms with van der Waals surface area (Å²) in [6.45, 7) is 4.78. The smallest absolute Gasteiger partial charge is 0.324 e. The van der Waals surface area contributed by atoms with Crippen LogP contribution in [0.25, 0.3) is 0 Å². The average Bonchev–Trinajstić information content (AvgIpc) is 2.84. The van der Waals surface area contributed by atoms with Gasteiger partial charge in [-0.15, -0.1) is 0 Å². The highest BCUT2D eigenvalue weighted by molar-refractivity contribution is 5.95. The standard InChI is InChI=1S/C15H21N3O/c1-11-5-8-17(9-6-11)15(19)18-10-7-12-13(16)3-2-4-14(12)18/h2-4,11H,5-10,16H2,1H3. The van der Waals surface area contributed by atoms with E-state index in [9.17, 15) is 4.79 Å². The molecule has 0 unspecified atom stereocenters. The van der Waals surface area contributed by atoms with Crippen molar-refractivity contribution >= 4 is 17.4 Å². The Morgan fingerprint density at radius 1 is 1.26 bits per heavy atom. The molecule has 4 nitrogen and oxygen atoms in total. The summed E-state index contributed by atoms with van der Waals surface area (Å²) in [5.74, 6) is 0.741. The molecule has 1 fully saturated rings. The molecule has 3 rings (SSSR count). The third kappa shape index (κ3) is 2.15. The van der Waals surface area contributed by atoms with Gasteiger partial charge in [0.25, 0.3) is 0 Å². The van der Waals surface area contributed by atoms with Gasteiger partial charge in [0, 0.05) is 30.9 Å². The van der Waals surface area contributed by atoms with E-state index in [0.717, 1.165) is 61.8 Å². The van der Waals surface area contributed by atoms with Crippen LogP contribution in [0.1, 0.15) is 25.3 Å². The van der Waals surface area contributed by atoms with Crippen molar-refractivity contribution in [3.63, 3.8) is 0 Å². The molecule has 2 aliphatic heterocycles. The van der Waals surface area contributed by atoms with Crippen LogP contribution in [-0.2, 0) is 6.42 Å². The van der Waals surface area contributed by atoms with E-state index >= 15 is 0 Å². The molecule has 102 valence electrons. The predicted octanol–water partition coefficient (Wildman–Crippen LogP) is 2.48. The van der Waals surface area contributed by atoms with Gasteiger partial charge in [-0.05, 0) is 37.3 Å². The number of anilines is 2. The predicted molar refractivity (Wildman–Crippen MR) is 77.3 cm³/mol. The molecule has 2 heterocycles. The van der Waals surface area contributed by atoms with E-state index in [2.05, 4.69) is 6.92 Å². The zero-order valence-corrected chi connectivity index (χ0v) is 11.4. The molecule has 1 aromatic rings. The molecule has 0 aromatic heterocycles. The minimum Gasteiger partial charge on any atom is -0.398 e. The van der Waals surface area contributed by atoms with Gasteiger partial charge in [0.05, 0.1) is 5.69 Å². The number of nitrogen functional groups attached to an aromatic ring is 1. The van der Waals surface area contributed by atoms with Gasteiger partial charge >= 0.3 is 6.03 Å². The molecule has 19 heavy (non-hydrogen) atoms. The summed E-state index contributed by atoms with van der Waals surface area (Å²) >= 11 is 0. The molecule has 0 atom stereocenters. The highest BCUT2D eigenvalue weighted by Crippen LogP contribution is 2.33. The summed E-state index contributed by atoms with van der Waals surface area (Å²) in [4.78, 5) is 16.5. The number of hydrogen-bond acceptors (Lipinski definition) is 2. The van der Waals surface area contributed by atoms with E-state index in [1.807, 2.05) is 28.0 Å². The summed E-state index contributed by atoms with van der Waals surface area (Å²) < 4.78 is 0. The summed E-state index contributed by atoms with van der Waals surface area (Å²) in [6.07, 6.45) is 3.10. The minimum atomic E-state index is 0.149. The molecule has 4 heteroatoms. The number of fused-ring (bicyclic) bond motifs is 1. The number of carbonyl (C=O) groups is 1. The Bertz CT molecular complexity index is 492. The fourth-order valence-electron chi connectivity index (χ4n) is 3.03. The fraction of sp³-hybridized carbons (Fsp3) is 0.533. The first-order chi connectivity index (χ1) is 9.16. The van der Waals surface area contributed by atoms with Gasteiger partial charge in [-0.2, -0.15) is 0 Å². The van der Waals surface area contributed by atoms with Crippen LogP contribution in [-0.4, -0.2) is 30.6 Å². The van der Waals surface area contributed by atoms with Crippen molar-refractivity contribution in [3.05, 3.63) is 23.8 Å². The van der Waals surface area contributed by atoms with Crippen LogP contribution < -0.4 is 10.6 Å². The third-order valence-electron chi connectivity index (χ3n) is 4.35. The Morgan fingerprint density at radius 3 is 2.74 bits per heavy atom. The van der Waals surface area contributed by atoms with Crippen molar-refractivity contribution in [1.29, 1.82) is 0 Å². The van der Waals surface area contributed by atoms with Crippen molar-refractivity contribution in [2.24, 2.45) is 5.92 Å². The maximum Gasteiger partial charge on any atom is 0.324 e. The molecule has 0 saturated carbocycles. The molecule has 0 radical (unpaired) electrons. The Morgan fingerprint density at radius 2 is 2.00 bits per heavy atom. The number of piperidine rings is 1. The zero-order valence-electron chi connectivity index (χ0n) is 11.4. The number of nitrogens with zero attached hydrogens (tertiary/aromatic N) is 2. The molecular weight excluding hydrogens is 238 g/mol. The molecule has 0 spiro atoms. The second-order valence-electron chi connectivity index (χ2n) is 5.70. The average molecular weight is 259 g/mol. The summed E-state index contributed by atoms with van der Waals surface area (Å²) in [6, 6.07) is 5.99. The molecule has 0 aliphatic carbocycles. The summed E-state index contributed by atoms with van der Waals surface area (Å²) in [5.41, 5.74) is 8.91. The molecule has 1 saturated heterocycles. The first kappa shape index (κ1) is 12.3. The summed E-state index contributed by atoms with van der Waals surface area (Å²) in [5, 5.41) is 0. The van der Waals surface area contributed by atoms with Crippen LogP contribution >= 0.6 is 0 Å². The minimum absolute atomic E-state index is 0.149. The van der Waals surface area contributed by atoms with Crippen molar-refractivity contribution in [2.75, 3.05) is 30.3 Å². The SMILES string of the molecule is CC1CCN(C(=O)N2CCc3c(N)cccc32)CC1. The fourth-order valence-corrected chi connectivity index (χ4v) is 3.03. The maximum atomic E-state index is 12.6. The molecule has 1 aromatic carbocycles. The number of nitrogens with two attached hydrogens (primary N) is 1. The Kier molecular flexibility index (Phi) is 3.09. The first-order valence-electron chi connectivity index (χ1n) is 7.10. The van der Waals surface area contributed by atoms with Crippen molar-refractivity contribution < 1.29 is 4.79 Å². The number of urea groups is 1.